The number of halogens is 1. The van der Waals surface area contributed by atoms with E-state index in [9.17, 15) is 14.0 Å². The van der Waals surface area contributed by atoms with Gasteiger partial charge < -0.3 is 24.4 Å². The third-order valence-corrected chi connectivity index (χ3v) is 5.86. The van der Waals surface area contributed by atoms with Crippen LogP contribution in [0.1, 0.15) is 23.6 Å². The minimum Gasteiger partial charge on any atom is -0.497 e. The largest absolute Gasteiger partial charge is 0.497 e. The fourth-order valence-electron chi connectivity index (χ4n) is 3.72. The number of nitrogens with zero attached hydrogens (tertiary/aromatic N) is 1. The Hall–Kier alpha value is -4.07. The molecule has 36 heavy (non-hydrogen) atoms. The zero-order valence-corrected chi connectivity index (χ0v) is 20.9. The molecule has 1 N–H and O–H groups in total. The molecule has 7 nitrogen and oxygen atoms in total. The maximum atomic E-state index is 13.4. The topological polar surface area (TPSA) is 77.1 Å². The first-order valence-electron chi connectivity index (χ1n) is 11.5. The minimum atomic E-state index is -0.763. The van der Waals surface area contributed by atoms with E-state index < -0.39 is 6.04 Å². The molecule has 0 aliphatic carbocycles. The van der Waals surface area contributed by atoms with Gasteiger partial charge in [-0.2, -0.15) is 0 Å². The highest BCUT2D eigenvalue weighted by Crippen LogP contribution is 2.28. The van der Waals surface area contributed by atoms with Crippen LogP contribution in [-0.2, 0) is 29.1 Å². The normalized spacial score (nSPS) is 11.4. The van der Waals surface area contributed by atoms with E-state index in [4.69, 9.17) is 14.2 Å². The summed E-state index contributed by atoms with van der Waals surface area (Å²) in [6.07, 6.45) is 0.0532. The number of hydrogen-bond acceptors (Lipinski definition) is 5. The molecule has 0 aliphatic heterocycles. The molecule has 3 aromatic carbocycles. The second kappa shape index (κ2) is 12.6. The molecule has 3 aromatic rings. The van der Waals surface area contributed by atoms with Crippen LogP contribution in [0.25, 0.3) is 0 Å². The molecule has 0 saturated heterocycles. The number of rotatable bonds is 11. The lowest BCUT2D eigenvalue weighted by molar-refractivity contribution is -0.140. The van der Waals surface area contributed by atoms with Crippen LogP contribution in [0.2, 0.25) is 0 Å². The molecule has 0 bridgehead atoms. The van der Waals surface area contributed by atoms with E-state index in [0.29, 0.717) is 29.2 Å². The van der Waals surface area contributed by atoms with Crippen molar-refractivity contribution in [1.29, 1.82) is 0 Å². The number of nitrogens with one attached hydrogen (secondary N) is 1. The Morgan fingerprint density at radius 3 is 2.06 bits per heavy atom. The SMILES string of the molecule is COc1ccc(CNC(=O)[C@H](C)N(Cc2ccc(F)cc2)C(=O)Cc2ccc(OC)c(OC)c2)cc1. The molecule has 0 heterocycles. The molecular formula is C28H31FN2O5. The number of benzene rings is 3. The second-order valence-corrected chi connectivity index (χ2v) is 8.26. The predicted octanol–water partition coefficient (Wildman–Crippen LogP) is 4.13. The molecule has 0 saturated carbocycles. The maximum Gasteiger partial charge on any atom is 0.242 e. The summed E-state index contributed by atoms with van der Waals surface area (Å²) in [5, 5.41) is 2.89. The van der Waals surface area contributed by atoms with Crippen LogP contribution >= 0.6 is 0 Å². The zero-order valence-electron chi connectivity index (χ0n) is 20.9. The molecule has 190 valence electrons. The minimum absolute atomic E-state index is 0.0532. The van der Waals surface area contributed by atoms with Gasteiger partial charge in [0.1, 0.15) is 17.6 Å². The first-order chi connectivity index (χ1) is 17.3. The Bertz CT molecular complexity index is 1170. The van der Waals surface area contributed by atoms with Gasteiger partial charge in [0.15, 0.2) is 11.5 Å². The highest BCUT2D eigenvalue weighted by Gasteiger charge is 2.26. The van der Waals surface area contributed by atoms with E-state index in [-0.39, 0.29) is 30.6 Å². The van der Waals surface area contributed by atoms with Gasteiger partial charge in [0, 0.05) is 13.1 Å². The van der Waals surface area contributed by atoms with E-state index in [2.05, 4.69) is 5.32 Å². The van der Waals surface area contributed by atoms with Gasteiger partial charge in [0.2, 0.25) is 11.8 Å². The standard InChI is InChI=1S/C28H31FN2O5/c1-19(28(33)30-17-20-7-12-24(34-2)13-8-20)31(18-21-5-10-23(29)11-6-21)27(32)16-22-9-14-25(35-3)26(15-22)36-4/h5-15,19H,16-18H2,1-4H3,(H,30,33)/t19-/m0/s1. The summed E-state index contributed by atoms with van der Waals surface area (Å²) in [6.45, 7) is 2.14. The summed E-state index contributed by atoms with van der Waals surface area (Å²) < 4.78 is 29.2. The monoisotopic (exact) mass is 494 g/mol. The van der Waals surface area contributed by atoms with E-state index >= 15 is 0 Å². The molecule has 0 fully saturated rings. The van der Waals surface area contributed by atoms with Gasteiger partial charge in [0.05, 0.1) is 27.8 Å². The molecule has 0 aliphatic rings. The van der Waals surface area contributed by atoms with Gasteiger partial charge in [-0.3, -0.25) is 9.59 Å². The summed E-state index contributed by atoms with van der Waals surface area (Å²) >= 11 is 0. The number of methoxy groups -OCH3 is 3. The summed E-state index contributed by atoms with van der Waals surface area (Å²) in [4.78, 5) is 27.9. The van der Waals surface area contributed by atoms with Gasteiger partial charge in [-0.05, 0) is 60.0 Å². The Kier molecular flexibility index (Phi) is 9.27. The van der Waals surface area contributed by atoms with E-state index in [1.165, 1.54) is 24.1 Å². The summed E-state index contributed by atoms with van der Waals surface area (Å²) in [5.74, 6) is 0.880. The Balaban J connectivity index is 1.76. The second-order valence-electron chi connectivity index (χ2n) is 8.26. The van der Waals surface area contributed by atoms with Crippen molar-refractivity contribution < 1.29 is 28.2 Å². The third-order valence-electron chi connectivity index (χ3n) is 5.86. The van der Waals surface area contributed by atoms with Crippen LogP contribution in [-0.4, -0.2) is 44.1 Å². The fraction of sp³-hybridized carbons (Fsp3) is 0.286. The van der Waals surface area contributed by atoms with Crippen molar-refractivity contribution in [2.75, 3.05) is 21.3 Å². The van der Waals surface area contributed by atoms with E-state index in [0.717, 1.165) is 11.3 Å². The highest BCUT2D eigenvalue weighted by atomic mass is 19.1. The van der Waals surface area contributed by atoms with Crippen LogP contribution in [0.5, 0.6) is 17.2 Å². The van der Waals surface area contributed by atoms with Crippen LogP contribution in [0, 0.1) is 5.82 Å². The molecule has 0 aromatic heterocycles. The average Bonchev–Trinajstić information content (AvgIpc) is 2.91. The van der Waals surface area contributed by atoms with Gasteiger partial charge in [-0.15, -0.1) is 0 Å². The number of hydrogen-bond donors (Lipinski definition) is 1. The first kappa shape index (κ1) is 26.5. The number of carbonyl (C=O) groups is 2. The number of ether oxygens (including phenoxy) is 3. The third kappa shape index (κ3) is 6.97. The highest BCUT2D eigenvalue weighted by molar-refractivity contribution is 5.88. The Morgan fingerprint density at radius 1 is 0.833 bits per heavy atom. The lowest BCUT2D eigenvalue weighted by Gasteiger charge is -2.29. The number of amides is 2. The average molecular weight is 495 g/mol. The van der Waals surface area contributed by atoms with Gasteiger partial charge >= 0.3 is 0 Å². The zero-order chi connectivity index (χ0) is 26.1. The van der Waals surface area contributed by atoms with Crippen LogP contribution in [0.15, 0.2) is 66.7 Å². The molecule has 1 atom stereocenters. The molecule has 3 rings (SSSR count). The fourth-order valence-corrected chi connectivity index (χ4v) is 3.72. The van der Waals surface area contributed by atoms with Crippen molar-refractivity contribution in [3.8, 4) is 17.2 Å². The van der Waals surface area contributed by atoms with Gasteiger partial charge in [-0.25, -0.2) is 4.39 Å². The molecule has 0 spiro atoms. The quantitative estimate of drug-likeness (QED) is 0.434. The molecule has 0 unspecified atom stereocenters. The maximum absolute atomic E-state index is 13.4. The molecule has 8 heteroatoms. The van der Waals surface area contributed by atoms with Crippen molar-refractivity contribution in [2.45, 2.75) is 32.5 Å². The van der Waals surface area contributed by atoms with Crippen LogP contribution < -0.4 is 19.5 Å². The molecule has 0 radical (unpaired) electrons. The van der Waals surface area contributed by atoms with Crippen LogP contribution in [0.4, 0.5) is 4.39 Å². The first-order valence-corrected chi connectivity index (χ1v) is 11.5. The Morgan fingerprint density at radius 2 is 1.44 bits per heavy atom. The summed E-state index contributed by atoms with van der Waals surface area (Å²) in [5.41, 5.74) is 2.33. The smallest absolute Gasteiger partial charge is 0.242 e. The van der Waals surface area contributed by atoms with Crippen LogP contribution in [0.3, 0.4) is 0 Å². The van der Waals surface area contributed by atoms with Crippen molar-refractivity contribution in [1.82, 2.24) is 10.2 Å². The van der Waals surface area contributed by atoms with Crippen molar-refractivity contribution in [3.05, 3.63) is 89.2 Å². The molecule has 2 amide bonds. The van der Waals surface area contributed by atoms with E-state index in [1.807, 2.05) is 24.3 Å². The van der Waals surface area contributed by atoms with Crippen molar-refractivity contribution in [3.63, 3.8) is 0 Å². The summed E-state index contributed by atoms with van der Waals surface area (Å²) in [7, 11) is 4.66. The summed E-state index contributed by atoms with van der Waals surface area (Å²) in [6, 6.07) is 17.7. The predicted molar refractivity (Wildman–Crippen MR) is 135 cm³/mol. The number of carbonyl (C=O) groups excluding carboxylic acids is 2. The molecular weight excluding hydrogens is 463 g/mol. The van der Waals surface area contributed by atoms with Crippen molar-refractivity contribution in [2.24, 2.45) is 0 Å². The lowest BCUT2D eigenvalue weighted by Crippen LogP contribution is -2.48. The van der Waals surface area contributed by atoms with E-state index in [1.54, 1.807) is 51.5 Å². The Labute approximate surface area is 210 Å². The van der Waals surface area contributed by atoms with Gasteiger partial charge in [-0.1, -0.05) is 30.3 Å². The van der Waals surface area contributed by atoms with Crippen molar-refractivity contribution >= 4 is 11.8 Å². The van der Waals surface area contributed by atoms with Gasteiger partial charge in [0.25, 0.3) is 0 Å². The lowest BCUT2D eigenvalue weighted by atomic mass is 10.1.